The normalized spacial score (nSPS) is 12.0. The molecule has 0 aliphatic rings. The van der Waals surface area contributed by atoms with E-state index in [0.717, 1.165) is 82.9 Å². The molecule has 0 aliphatic carbocycles. The van der Waals surface area contributed by atoms with Crippen molar-refractivity contribution in [3.05, 3.63) is 263 Å². The number of carboxylic acid groups (broad SMARTS) is 1. The zero-order valence-corrected chi connectivity index (χ0v) is 61.9. The Labute approximate surface area is 628 Å². The van der Waals surface area contributed by atoms with E-state index in [-0.39, 0.29) is 86.7 Å². The van der Waals surface area contributed by atoms with Crippen LogP contribution in [0.3, 0.4) is 0 Å². The quantitative estimate of drug-likeness (QED) is 0.0322. The fourth-order valence-corrected chi connectivity index (χ4v) is 14.5. The molecular weight excluding hydrogens is 1540 g/mol. The molecule has 6 heterocycles. The third-order valence-electron chi connectivity index (χ3n) is 15.2. The minimum atomic E-state index is -4.50. The van der Waals surface area contributed by atoms with Crippen molar-refractivity contribution in [1.82, 2.24) is 28.7 Å². The van der Waals surface area contributed by atoms with Crippen LogP contribution in [-0.4, -0.2) is 78.6 Å². The zero-order chi connectivity index (χ0) is 76.8. The fraction of sp³-hybridized carbons (Fsp3) is 0.162. The SMILES string of the molecule is CO.C[C@H](c1ccccc1Br)n1c(=O)oc2cc(S(=O)(=O)Nc3cccc(F)n3)c(F)cc21.C[C@H](c1ccccc1CC#N)n1c(=O)oc2cc(S(=O)(=O)Nc3cccc(F)n3)c(F)cc21.C[C@H](c1ccccc1CCN)n1c(=O)oc2cc(S(=O)(=O)Nc3cccc(F)n3)c(F)cc21.N#CCC(=O)[O-].[Na+]. The second-order valence-corrected chi connectivity index (χ2v) is 27.7. The van der Waals surface area contributed by atoms with Gasteiger partial charge in [-0.3, -0.25) is 27.9 Å². The van der Waals surface area contributed by atoms with E-state index in [1.807, 2.05) is 44.5 Å². The summed E-state index contributed by atoms with van der Waals surface area (Å²) in [4.78, 5) is 54.9. The minimum absolute atomic E-state index is 0. The Hall–Kier alpha value is -10.7. The van der Waals surface area contributed by atoms with E-state index in [2.05, 4.69) is 37.0 Å². The molecule has 0 bridgehead atoms. The van der Waals surface area contributed by atoms with Crippen molar-refractivity contribution >= 4 is 103 Å². The van der Waals surface area contributed by atoms with Gasteiger partial charge in [0, 0.05) is 48.0 Å². The van der Waals surface area contributed by atoms with E-state index < -0.39 is 128 Å². The Morgan fingerprint density at radius 1 is 0.519 bits per heavy atom. The van der Waals surface area contributed by atoms with Crippen molar-refractivity contribution in [1.29, 1.82) is 10.5 Å². The number of rotatable bonds is 19. The number of sulfonamides is 3. The topological polar surface area (TPSA) is 417 Å². The number of aliphatic hydroxyl groups excluding tert-OH is 1. The molecule has 6 aromatic heterocycles. The second kappa shape index (κ2) is 35.8. The Balaban J connectivity index is 0.000000210. The standard InChI is InChI=1S/C22H20F2N4O4S.C22H16F2N4O4S.C20H14BrF2N3O4S.C3H3NO2.CH4O.Na/c2*1-13(15-6-3-2-5-14(15)9-10-25)28-17-11-16(23)19(12-18(17)32-22(28)29)33(30,31)27-21-8-4-7-20(24)26-21;1-11(12-5-2-3-6-13(12)21)26-15-9-14(22)17(10-16(15)30-20(26)27)31(28,29)25-19-8-4-7-18(23)24-19;4-2-1-3(5)6;1-2;/h2-8,11-13H,9-10,25H2,1H3,(H,26,27);2-8,11-13H,9H2,1H3,(H,26,27);2-11H,1H3,(H,24,25);1H2,(H,5,6);2H,1H3;/q;;;;;+1/p-1/t2*13-;11-;;;/m111.../s1. The molecule has 0 aliphatic heterocycles. The van der Waals surface area contributed by atoms with Crippen LogP contribution in [-0.2, 0) is 47.7 Å². The number of aromatic nitrogens is 6. The number of oxazole rings is 3. The summed E-state index contributed by atoms with van der Waals surface area (Å²) in [6.07, 6.45) is 0.184. The molecule has 38 heteroatoms. The molecular formula is C68H56BrF6N12NaO15S3. The molecule has 106 heavy (non-hydrogen) atoms. The van der Waals surface area contributed by atoms with Gasteiger partial charge in [0.05, 0.1) is 65.6 Å². The third kappa shape index (κ3) is 19.4. The van der Waals surface area contributed by atoms with Crippen LogP contribution in [0.5, 0.6) is 0 Å². The largest absolute Gasteiger partial charge is 1.00 e. The van der Waals surface area contributed by atoms with Crippen molar-refractivity contribution in [3.63, 3.8) is 0 Å². The van der Waals surface area contributed by atoms with Crippen LogP contribution < -0.4 is 71.8 Å². The van der Waals surface area contributed by atoms with Gasteiger partial charge in [-0.1, -0.05) is 101 Å². The van der Waals surface area contributed by atoms with E-state index in [0.29, 0.717) is 24.1 Å². The number of nitrogens with one attached hydrogen (secondary N) is 3. The number of carbonyl (C=O) groups excluding carboxylic acids is 1. The van der Waals surface area contributed by atoms with Gasteiger partial charge in [0.2, 0.25) is 17.8 Å². The molecule has 0 fully saturated rings. The van der Waals surface area contributed by atoms with Crippen LogP contribution in [0.2, 0.25) is 0 Å². The molecule has 0 saturated heterocycles. The van der Waals surface area contributed by atoms with E-state index in [9.17, 15) is 75.9 Å². The van der Waals surface area contributed by atoms with Crippen LogP contribution in [0.4, 0.5) is 43.8 Å². The average molecular weight is 1590 g/mol. The number of hydrogen-bond acceptors (Lipinski definition) is 21. The summed E-state index contributed by atoms with van der Waals surface area (Å²) in [5, 5.41) is 32.9. The zero-order valence-electron chi connectivity index (χ0n) is 55.8. The smallest absolute Gasteiger partial charge is 0.549 e. The summed E-state index contributed by atoms with van der Waals surface area (Å²) in [5.41, 5.74) is 9.38. The van der Waals surface area contributed by atoms with Crippen LogP contribution >= 0.6 is 15.9 Å². The van der Waals surface area contributed by atoms with Gasteiger partial charge >= 0.3 is 46.8 Å². The monoisotopic (exact) mass is 1590 g/mol. The molecule has 546 valence electrons. The summed E-state index contributed by atoms with van der Waals surface area (Å²) in [5.74, 6) is -10.7. The molecule has 12 aromatic rings. The van der Waals surface area contributed by atoms with E-state index in [1.165, 1.54) is 56.2 Å². The molecule has 0 unspecified atom stereocenters. The van der Waals surface area contributed by atoms with Crippen LogP contribution in [0.15, 0.2) is 211 Å². The number of carboxylic acids is 1. The average Bonchev–Trinajstić information content (AvgIpc) is 1.58. The summed E-state index contributed by atoms with van der Waals surface area (Å²) < 4.78 is 187. The summed E-state index contributed by atoms with van der Waals surface area (Å²) >= 11 is 3.42. The van der Waals surface area contributed by atoms with Crippen LogP contribution in [0, 0.1) is 58.0 Å². The first-order valence-corrected chi connectivity index (χ1v) is 35.6. The number of hydrogen-bond donors (Lipinski definition) is 5. The Morgan fingerprint density at radius 2 is 0.840 bits per heavy atom. The number of aliphatic hydroxyl groups is 1. The molecule has 0 radical (unpaired) electrons. The van der Waals surface area contributed by atoms with Crippen molar-refractivity contribution in [3.8, 4) is 12.1 Å². The number of nitrogens with two attached hydrogens (primary N) is 1. The summed E-state index contributed by atoms with van der Waals surface area (Å²) in [6, 6.07) is 39.3. The van der Waals surface area contributed by atoms with Crippen molar-refractivity contribution in [2.75, 3.05) is 27.8 Å². The first kappa shape index (κ1) is 82.5. The van der Waals surface area contributed by atoms with Gasteiger partial charge in [-0.05, 0) is 104 Å². The minimum Gasteiger partial charge on any atom is -0.549 e. The fourth-order valence-electron chi connectivity index (χ4n) is 10.6. The predicted molar refractivity (Wildman–Crippen MR) is 370 cm³/mol. The molecule has 12 rings (SSSR count). The van der Waals surface area contributed by atoms with Gasteiger partial charge in [0.15, 0.2) is 16.7 Å². The maximum Gasteiger partial charge on any atom is 1.00 e. The third-order valence-corrected chi connectivity index (χ3v) is 20.0. The number of fused-ring (bicyclic) bond motifs is 3. The van der Waals surface area contributed by atoms with Gasteiger partial charge in [-0.25, -0.2) is 67.8 Å². The number of benzene rings is 6. The van der Waals surface area contributed by atoms with Gasteiger partial charge < -0.3 is 34.0 Å². The first-order chi connectivity index (χ1) is 49.9. The number of carbonyl (C=O) groups is 1. The van der Waals surface area contributed by atoms with Crippen molar-refractivity contribution < 1.29 is 109 Å². The maximum atomic E-state index is 15.0. The Morgan fingerprint density at radius 3 is 1.15 bits per heavy atom. The molecule has 0 spiro atoms. The predicted octanol–water partition coefficient (Wildman–Crippen LogP) is 6.63. The van der Waals surface area contributed by atoms with Crippen LogP contribution in [0.1, 0.15) is 73.1 Å². The number of aliphatic carboxylic acids is 1. The second-order valence-electron chi connectivity index (χ2n) is 21.8. The van der Waals surface area contributed by atoms with Crippen molar-refractivity contribution in [2.24, 2.45) is 5.73 Å². The number of nitriles is 2. The molecule has 0 saturated carbocycles. The Bertz CT molecular complexity index is 5890. The van der Waals surface area contributed by atoms with E-state index >= 15 is 0 Å². The van der Waals surface area contributed by atoms with Gasteiger partial charge in [0.1, 0.15) is 49.6 Å². The van der Waals surface area contributed by atoms with Gasteiger partial charge in [-0.15, -0.1) is 0 Å². The number of anilines is 3. The summed E-state index contributed by atoms with van der Waals surface area (Å²) in [7, 11) is -12.5. The molecule has 3 atom stereocenters. The molecule has 6 aromatic carbocycles. The maximum absolute atomic E-state index is 15.0. The number of halogens is 7. The molecule has 27 nitrogen and oxygen atoms in total. The summed E-state index contributed by atoms with van der Waals surface area (Å²) in [6.45, 7) is 5.59. The van der Waals surface area contributed by atoms with E-state index in [4.69, 9.17) is 34.6 Å². The van der Waals surface area contributed by atoms with Crippen molar-refractivity contribution in [2.45, 2.75) is 72.8 Å². The molecule has 0 amide bonds. The number of pyridine rings is 3. The first-order valence-electron chi connectivity index (χ1n) is 30.3. The Kier molecular flexibility index (Phi) is 27.9. The number of nitrogens with zero attached hydrogens (tertiary/aromatic N) is 8. The van der Waals surface area contributed by atoms with Gasteiger partial charge in [-0.2, -0.15) is 23.7 Å². The van der Waals surface area contributed by atoms with Gasteiger partial charge in [0.25, 0.3) is 30.1 Å². The van der Waals surface area contributed by atoms with E-state index in [1.54, 1.807) is 63.2 Å². The van der Waals surface area contributed by atoms with Crippen LogP contribution in [0.25, 0.3) is 33.3 Å². The molecule has 6 N–H and O–H groups in total.